The zero-order chi connectivity index (χ0) is 6.69. The molecule has 0 aromatic rings. The highest BCUT2D eigenvalue weighted by Crippen LogP contribution is 2.08. The molecule has 1 aliphatic heterocycles. The summed E-state index contributed by atoms with van der Waals surface area (Å²) in [5.41, 5.74) is 0. The molecule has 52 valence electrons. The van der Waals surface area contributed by atoms with Gasteiger partial charge in [-0.25, -0.2) is 0 Å². The number of β-lactam (4-membered cyclic amide) rings is 1. The Balaban J connectivity index is 2.06. The van der Waals surface area contributed by atoms with E-state index in [2.05, 4.69) is 6.92 Å². The van der Waals surface area contributed by atoms with Gasteiger partial charge in [0.05, 0.1) is 0 Å². The van der Waals surface area contributed by atoms with Crippen LogP contribution in [0.4, 0.5) is 0 Å². The summed E-state index contributed by atoms with van der Waals surface area (Å²) in [4.78, 5) is 12.6. The molecule has 1 fully saturated rings. The summed E-state index contributed by atoms with van der Waals surface area (Å²) in [6.45, 7) is 4.12. The van der Waals surface area contributed by atoms with Gasteiger partial charge in [0.15, 0.2) is 0 Å². The molecule has 1 heterocycles. The summed E-state index contributed by atoms with van der Waals surface area (Å²) in [5, 5.41) is 0. The van der Waals surface area contributed by atoms with Crippen molar-refractivity contribution in [1.29, 1.82) is 0 Å². The predicted molar refractivity (Wildman–Crippen MR) is 36.1 cm³/mol. The number of likely N-dealkylation sites (tertiary alicyclic amines) is 1. The van der Waals surface area contributed by atoms with Crippen LogP contribution in [0.1, 0.15) is 26.2 Å². The summed E-state index contributed by atoms with van der Waals surface area (Å²) in [6, 6.07) is 0. The van der Waals surface area contributed by atoms with Gasteiger partial charge in [-0.05, 0) is 6.42 Å². The maximum Gasteiger partial charge on any atom is 0.224 e. The molecule has 9 heavy (non-hydrogen) atoms. The van der Waals surface area contributed by atoms with Gasteiger partial charge in [0.25, 0.3) is 0 Å². The molecule has 0 saturated carbocycles. The van der Waals surface area contributed by atoms with Crippen LogP contribution in [0.25, 0.3) is 0 Å². The SMILES string of the molecule is CCCCN1CCC1=O. The summed E-state index contributed by atoms with van der Waals surface area (Å²) >= 11 is 0. The van der Waals surface area contributed by atoms with Gasteiger partial charge in [-0.2, -0.15) is 0 Å². The van der Waals surface area contributed by atoms with E-state index in [1.165, 1.54) is 6.42 Å². The lowest BCUT2D eigenvalue weighted by Crippen LogP contribution is -2.43. The highest BCUT2D eigenvalue weighted by atomic mass is 16.2. The Morgan fingerprint density at radius 1 is 1.67 bits per heavy atom. The molecule has 1 rings (SSSR count). The van der Waals surface area contributed by atoms with Crippen LogP contribution < -0.4 is 0 Å². The maximum atomic E-state index is 10.7. The van der Waals surface area contributed by atoms with E-state index in [1.54, 1.807) is 0 Å². The molecule has 0 atom stereocenters. The van der Waals surface area contributed by atoms with Crippen molar-refractivity contribution in [2.75, 3.05) is 13.1 Å². The fraction of sp³-hybridized carbons (Fsp3) is 0.857. The normalized spacial score (nSPS) is 17.9. The first-order valence-electron chi connectivity index (χ1n) is 3.62. The molecule has 0 aliphatic carbocycles. The van der Waals surface area contributed by atoms with E-state index in [4.69, 9.17) is 0 Å². The third-order valence-corrected chi connectivity index (χ3v) is 1.73. The molecule has 0 radical (unpaired) electrons. The minimum atomic E-state index is 0.337. The predicted octanol–water partition coefficient (Wildman–Crippen LogP) is 1.02. The Kier molecular flexibility index (Phi) is 2.09. The van der Waals surface area contributed by atoms with Crippen LogP contribution in [0.5, 0.6) is 0 Å². The van der Waals surface area contributed by atoms with E-state index in [-0.39, 0.29) is 0 Å². The maximum absolute atomic E-state index is 10.7. The molecule has 1 saturated heterocycles. The van der Waals surface area contributed by atoms with E-state index in [0.717, 1.165) is 25.9 Å². The van der Waals surface area contributed by atoms with Gasteiger partial charge in [0.1, 0.15) is 0 Å². The number of nitrogens with zero attached hydrogens (tertiary/aromatic N) is 1. The number of carbonyl (C=O) groups excluding carboxylic acids is 1. The van der Waals surface area contributed by atoms with Crippen molar-refractivity contribution in [3.63, 3.8) is 0 Å². The number of hydrogen-bond donors (Lipinski definition) is 0. The van der Waals surface area contributed by atoms with Crippen molar-refractivity contribution < 1.29 is 4.79 Å². The molecule has 2 heteroatoms. The first-order chi connectivity index (χ1) is 4.34. The fourth-order valence-corrected chi connectivity index (χ4v) is 0.947. The molecule has 0 unspecified atom stereocenters. The fourth-order valence-electron chi connectivity index (χ4n) is 0.947. The van der Waals surface area contributed by atoms with Crippen molar-refractivity contribution >= 4 is 5.91 Å². The molecular weight excluding hydrogens is 114 g/mol. The lowest BCUT2D eigenvalue weighted by molar-refractivity contribution is -0.139. The molecule has 1 amide bonds. The molecular formula is C7H13NO. The van der Waals surface area contributed by atoms with Crippen molar-refractivity contribution in [2.24, 2.45) is 0 Å². The van der Waals surface area contributed by atoms with Crippen molar-refractivity contribution in [2.45, 2.75) is 26.2 Å². The third-order valence-electron chi connectivity index (χ3n) is 1.73. The number of hydrogen-bond acceptors (Lipinski definition) is 1. The number of amides is 1. The van der Waals surface area contributed by atoms with Crippen LogP contribution >= 0.6 is 0 Å². The lowest BCUT2D eigenvalue weighted by Gasteiger charge is -2.30. The molecule has 0 aromatic carbocycles. The molecule has 0 bridgehead atoms. The van der Waals surface area contributed by atoms with Gasteiger partial charge in [-0.1, -0.05) is 13.3 Å². The van der Waals surface area contributed by atoms with Gasteiger partial charge >= 0.3 is 0 Å². The quantitative estimate of drug-likeness (QED) is 0.518. The van der Waals surface area contributed by atoms with Crippen LogP contribution in [-0.2, 0) is 4.79 Å². The molecule has 0 N–H and O–H groups in total. The minimum absolute atomic E-state index is 0.337. The zero-order valence-electron chi connectivity index (χ0n) is 5.89. The first-order valence-corrected chi connectivity index (χ1v) is 3.62. The van der Waals surface area contributed by atoms with E-state index in [1.807, 2.05) is 4.90 Å². The van der Waals surface area contributed by atoms with E-state index in [9.17, 15) is 4.79 Å². The summed E-state index contributed by atoms with van der Waals surface area (Å²) in [7, 11) is 0. The van der Waals surface area contributed by atoms with Crippen LogP contribution in [0, 0.1) is 0 Å². The molecule has 0 aromatic heterocycles. The first kappa shape index (κ1) is 6.59. The van der Waals surface area contributed by atoms with Gasteiger partial charge in [0.2, 0.25) is 5.91 Å². The van der Waals surface area contributed by atoms with Gasteiger partial charge < -0.3 is 4.90 Å². The molecule has 0 spiro atoms. The van der Waals surface area contributed by atoms with Crippen LogP contribution in [0.15, 0.2) is 0 Å². The van der Waals surface area contributed by atoms with Gasteiger partial charge in [-0.15, -0.1) is 0 Å². The Hall–Kier alpha value is -0.530. The van der Waals surface area contributed by atoms with Crippen molar-refractivity contribution in [3.8, 4) is 0 Å². The monoisotopic (exact) mass is 127 g/mol. The standard InChI is InChI=1S/C7H13NO/c1-2-3-5-8-6-4-7(8)9/h2-6H2,1H3. The number of carbonyl (C=O) groups is 1. The Morgan fingerprint density at radius 3 is 2.78 bits per heavy atom. The highest BCUT2D eigenvalue weighted by Gasteiger charge is 2.21. The Morgan fingerprint density at radius 2 is 2.44 bits per heavy atom. The average molecular weight is 127 g/mol. The summed E-state index contributed by atoms with van der Waals surface area (Å²) in [5.74, 6) is 0.337. The van der Waals surface area contributed by atoms with Crippen molar-refractivity contribution in [3.05, 3.63) is 0 Å². The molecule has 1 aliphatic rings. The molecule has 2 nitrogen and oxygen atoms in total. The van der Waals surface area contributed by atoms with E-state index in [0.29, 0.717) is 5.91 Å². The Bertz CT molecular complexity index is 111. The smallest absolute Gasteiger partial charge is 0.224 e. The number of rotatable bonds is 3. The third kappa shape index (κ3) is 1.44. The van der Waals surface area contributed by atoms with Gasteiger partial charge in [-0.3, -0.25) is 4.79 Å². The van der Waals surface area contributed by atoms with Crippen molar-refractivity contribution in [1.82, 2.24) is 4.90 Å². The van der Waals surface area contributed by atoms with E-state index >= 15 is 0 Å². The summed E-state index contributed by atoms with van der Waals surface area (Å²) < 4.78 is 0. The second-order valence-corrected chi connectivity index (χ2v) is 2.48. The van der Waals surface area contributed by atoms with Crippen LogP contribution in [0.2, 0.25) is 0 Å². The van der Waals surface area contributed by atoms with Gasteiger partial charge in [0, 0.05) is 19.5 Å². The minimum Gasteiger partial charge on any atom is -0.342 e. The second-order valence-electron chi connectivity index (χ2n) is 2.48. The summed E-state index contributed by atoms with van der Waals surface area (Å²) in [6.07, 6.45) is 3.12. The highest BCUT2D eigenvalue weighted by molar-refractivity contribution is 5.81. The van der Waals surface area contributed by atoms with Crippen LogP contribution in [0.3, 0.4) is 0 Å². The van der Waals surface area contributed by atoms with E-state index < -0.39 is 0 Å². The largest absolute Gasteiger partial charge is 0.342 e. The zero-order valence-corrected chi connectivity index (χ0v) is 5.89. The second kappa shape index (κ2) is 2.85. The number of unbranched alkanes of at least 4 members (excludes halogenated alkanes) is 1. The Labute approximate surface area is 55.8 Å². The lowest BCUT2D eigenvalue weighted by atomic mass is 10.2. The van der Waals surface area contributed by atoms with Crippen LogP contribution in [-0.4, -0.2) is 23.9 Å². The average Bonchev–Trinajstić information content (AvgIpc) is 1.86. The topological polar surface area (TPSA) is 20.3 Å².